The van der Waals surface area contributed by atoms with Crippen LogP contribution in [0.25, 0.3) is 11.4 Å². The molecule has 5 heteroatoms. The Kier molecular flexibility index (Phi) is 3.56. The van der Waals surface area contributed by atoms with Crippen LogP contribution in [0.15, 0.2) is 40.9 Å². The second kappa shape index (κ2) is 5.52. The number of nitrogens with zero attached hydrogens (tertiary/aromatic N) is 2. The predicted octanol–water partition coefficient (Wildman–Crippen LogP) is 3.18. The molecule has 0 aliphatic heterocycles. The number of carbonyl (C=O) groups is 1. The summed E-state index contributed by atoms with van der Waals surface area (Å²) in [5, 5.41) is 13.3. The normalized spacial score (nSPS) is 21.4. The summed E-state index contributed by atoms with van der Waals surface area (Å²) in [6, 6.07) is 7.82. The quantitative estimate of drug-likeness (QED) is 0.876. The van der Waals surface area contributed by atoms with E-state index in [2.05, 4.69) is 10.1 Å². The number of aliphatic carboxylic acids is 1. The van der Waals surface area contributed by atoms with Crippen molar-refractivity contribution in [1.29, 1.82) is 0 Å². The maximum Gasteiger partial charge on any atom is 0.307 e. The van der Waals surface area contributed by atoms with Crippen LogP contribution < -0.4 is 0 Å². The molecule has 2 unspecified atom stereocenters. The van der Waals surface area contributed by atoms with E-state index < -0.39 is 11.9 Å². The number of benzene rings is 1. The maximum atomic E-state index is 11.3. The van der Waals surface area contributed by atoms with Crippen molar-refractivity contribution in [2.24, 2.45) is 5.92 Å². The minimum Gasteiger partial charge on any atom is -0.481 e. The van der Waals surface area contributed by atoms with E-state index in [-0.39, 0.29) is 5.92 Å². The summed E-state index contributed by atoms with van der Waals surface area (Å²) in [6.45, 7) is 2.01. The van der Waals surface area contributed by atoms with Crippen molar-refractivity contribution >= 4 is 5.97 Å². The minimum absolute atomic E-state index is 0.251. The zero-order valence-corrected chi connectivity index (χ0v) is 11.7. The third-order valence-corrected chi connectivity index (χ3v) is 3.82. The number of aromatic nitrogens is 2. The zero-order chi connectivity index (χ0) is 14.8. The molecule has 108 valence electrons. The Morgan fingerprint density at radius 3 is 2.67 bits per heavy atom. The summed E-state index contributed by atoms with van der Waals surface area (Å²) in [6.07, 6.45) is 4.99. The Hall–Kier alpha value is -2.43. The monoisotopic (exact) mass is 284 g/mol. The number of carboxylic acid groups (broad SMARTS) is 1. The Morgan fingerprint density at radius 2 is 1.95 bits per heavy atom. The van der Waals surface area contributed by atoms with Crippen LogP contribution in [0.3, 0.4) is 0 Å². The Balaban J connectivity index is 1.88. The lowest BCUT2D eigenvalue weighted by Gasteiger charge is -2.21. The molecular formula is C16H16N2O3. The molecule has 0 radical (unpaired) electrons. The lowest BCUT2D eigenvalue weighted by molar-refractivity contribution is -0.142. The fourth-order valence-corrected chi connectivity index (χ4v) is 2.57. The van der Waals surface area contributed by atoms with E-state index in [1.807, 2.05) is 43.3 Å². The van der Waals surface area contributed by atoms with Crippen LogP contribution in [0, 0.1) is 12.8 Å². The van der Waals surface area contributed by atoms with Gasteiger partial charge in [-0.2, -0.15) is 4.98 Å². The molecule has 1 heterocycles. The van der Waals surface area contributed by atoms with Crippen LogP contribution in [0.1, 0.15) is 30.2 Å². The van der Waals surface area contributed by atoms with Gasteiger partial charge in [-0.05, 0) is 19.8 Å². The third-order valence-electron chi connectivity index (χ3n) is 3.82. The molecule has 2 atom stereocenters. The second-order valence-corrected chi connectivity index (χ2v) is 5.32. The van der Waals surface area contributed by atoms with Gasteiger partial charge in [-0.25, -0.2) is 0 Å². The van der Waals surface area contributed by atoms with Gasteiger partial charge in [0, 0.05) is 5.56 Å². The van der Waals surface area contributed by atoms with E-state index in [0.29, 0.717) is 24.6 Å². The first-order valence-electron chi connectivity index (χ1n) is 6.93. The molecule has 1 aromatic heterocycles. The van der Waals surface area contributed by atoms with E-state index in [9.17, 15) is 9.90 Å². The van der Waals surface area contributed by atoms with Gasteiger partial charge in [-0.3, -0.25) is 4.79 Å². The molecule has 0 saturated heterocycles. The van der Waals surface area contributed by atoms with Crippen LogP contribution in [0.5, 0.6) is 0 Å². The molecule has 2 aromatic rings. The summed E-state index contributed by atoms with van der Waals surface area (Å²) in [5.41, 5.74) is 2.03. The van der Waals surface area contributed by atoms with E-state index in [1.54, 1.807) is 0 Å². The van der Waals surface area contributed by atoms with Crippen molar-refractivity contribution < 1.29 is 14.4 Å². The van der Waals surface area contributed by atoms with Gasteiger partial charge in [0.05, 0.1) is 11.8 Å². The summed E-state index contributed by atoms with van der Waals surface area (Å²) in [7, 11) is 0. The lowest BCUT2D eigenvalue weighted by atomic mass is 9.83. The molecular weight excluding hydrogens is 268 g/mol. The fourth-order valence-electron chi connectivity index (χ4n) is 2.57. The van der Waals surface area contributed by atoms with Gasteiger partial charge in [-0.1, -0.05) is 47.1 Å². The molecule has 0 fully saturated rings. The molecule has 0 saturated carbocycles. The fraction of sp³-hybridized carbons (Fsp3) is 0.312. The van der Waals surface area contributed by atoms with Crippen LogP contribution >= 0.6 is 0 Å². The average molecular weight is 284 g/mol. The summed E-state index contributed by atoms with van der Waals surface area (Å²) >= 11 is 0. The highest BCUT2D eigenvalue weighted by molar-refractivity contribution is 5.71. The number of allylic oxidation sites excluding steroid dienone is 2. The minimum atomic E-state index is -0.820. The van der Waals surface area contributed by atoms with Crippen molar-refractivity contribution in [3.05, 3.63) is 47.9 Å². The molecule has 1 aliphatic rings. The highest BCUT2D eigenvalue weighted by atomic mass is 16.5. The van der Waals surface area contributed by atoms with E-state index in [4.69, 9.17) is 4.52 Å². The summed E-state index contributed by atoms with van der Waals surface area (Å²) in [5.74, 6) is -0.661. The van der Waals surface area contributed by atoms with Gasteiger partial charge < -0.3 is 9.63 Å². The van der Waals surface area contributed by atoms with Crippen molar-refractivity contribution in [3.8, 4) is 11.4 Å². The van der Waals surface area contributed by atoms with Gasteiger partial charge in [0.15, 0.2) is 0 Å². The summed E-state index contributed by atoms with van der Waals surface area (Å²) in [4.78, 5) is 15.7. The third kappa shape index (κ3) is 2.72. The van der Waals surface area contributed by atoms with E-state index >= 15 is 0 Å². The number of aryl methyl sites for hydroxylation is 1. The lowest BCUT2D eigenvalue weighted by Crippen LogP contribution is -2.23. The van der Waals surface area contributed by atoms with Crippen LogP contribution in [0.2, 0.25) is 0 Å². The first-order chi connectivity index (χ1) is 10.1. The number of carboxylic acids is 1. The van der Waals surface area contributed by atoms with Crippen molar-refractivity contribution in [3.63, 3.8) is 0 Å². The highest BCUT2D eigenvalue weighted by Crippen LogP contribution is 2.34. The molecule has 1 aliphatic carbocycles. The number of hydrogen-bond donors (Lipinski definition) is 1. The van der Waals surface area contributed by atoms with Gasteiger partial charge in [0.25, 0.3) is 0 Å². The average Bonchev–Trinajstić information content (AvgIpc) is 2.97. The topological polar surface area (TPSA) is 76.2 Å². The summed E-state index contributed by atoms with van der Waals surface area (Å²) < 4.78 is 5.31. The van der Waals surface area contributed by atoms with Gasteiger partial charge >= 0.3 is 5.97 Å². The highest BCUT2D eigenvalue weighted by Gasteiger charge is 2.33. The Labute approximate surface area is 122 Å². The van der Waals surface area contributed by atoms with Crippen LogP contribution in [-0.4, -0.2) is 21.2 Å². The van der Waals surface area contributed by atoms with E-state index in [1.165, 1.54) is 0 Å². The molecule has 5 nitrogen and oxygen atoms in total. The smallest absolute Gasteiger partial charge is 0.307 e. The number of hydrogen-bond acceptors (Lipinski definition) is 4. The van der Waals surface area contributed by atoms with Crippen LogP contribution in [-0.2, 0) is 4.79 Å². The first kappa shape index (κ1) is 13.5. The second-order valence-electron chi connectivity index (χ2n) is 5.32. The molecule has 21 heavy (non-hydrogen) atoms. The molecule has 3 rings (SSSR count). The van der Waals surface area contributed by atoms with Gasteiger partial charge in [-0.15, -0.1) is 0 Å². The molecule has 1 N–H and O–H groups in total. The zero-order valence-electron chi connectivity index (χ0n) is 11.7. The van der Waals surface area contributed by atoms with Gasteiger partial charge in [0.2, 0.25) is 11.7 Å². The van der Waals surface area contributed by atoms with Crippen LogP contribution in [0.4, 0.5) is 0 Å². The number of rotatable bonds is 3. The SMILES string of the molecule is Cc1ccc(-c2noc(C3CC=CCC3C(=O)O)n2)cc1. The predicted molar refractivity (Wildman–Crippen MR) is 76.7 cm³/mol. The first-order valence-corrected chi connectivity index (χ1v) is 6.93. The Morgan fingerprint density at radius 1 is 1.24 bits per heavy atom. The van der Waals surface area contributed by atoms with Crippen molar-refractivity contribution in [2.75, 3.05) is 0 Å². The maximum absolute atomic E-state index is 11.3. The Bertz CT molecular complexity index is 673. The van der Waals surface area contributed by atoms with Crippen molar-refractivity contribution in [1.82, 2.24) is 10.1 Å². The molecule has 0 amide bonds. The van der Waals surface area contributed by atoms with Gasteiger partial charge in [0.1, 0.15) is 0 Å². The van der Waals surface area contributed by atoms with E-state index in [0.717, 1.165) is 11.1 Å². The molecule has 0 bridgehead atoms. The molecule has 0 spiro atoms. The molecule has 1 aromatic carbocycles. The standard InChI is InChI=1S/C16H16N2O3/c1-10-6-8-11(9-7-10)14-17-15(21-18-14)12-4-2-3-5-13(12)16(19)20/h2-3,6-9,12-13H,4-5H2,1H3,(H,19,20). The largest absolute Gasteiger partial charge is 0.481 e. The van der Waals surface area contributed by atoms with Crippen molar-refractivity contribution in [2.45, 2.75) is 25.7 Å².